The maximum Gasteiger partial charge on any atom is 0.254 e. The number of nitrogens with zero attached hydrogens (tertiary/aromatic N) is 2. The summed E-state index contributed by atoms with van der Waals surface area (Å²) in [5.41, 5.74) is 0.358. The molecule has 1 fully saturated rings. The van der Waals surface area contributed by atoms with E-state index < -0.39 is 10.0 Å². The van der Waals surface area contributed by atoms with Crippen molar-refractivity contribution >= 4 is 27.3 Å². The molecule has 1 aliphatic heterocycles. The van der Waals surface area contributed by atoms with E-state index in [1.807, 2.05) is 23.6 Å². The first-order valence-electron chi connectivity index (χ1n) is 9.98. The van der Waals surface area contributed by atoms with Crippen LogP contribution in [0, 0.1) is 0 Å². The Morgan fingerprint density at radius 3 is 2.57 bits per heavy atom. The lowest BCUT2D eigenvalue weighted by molar-refractivity contribution is 0.0719. The minimum Gasteiger partial charge on any atom is -0.467 e. The molecule has 30 heavy (non-hydrogen) atoms. The molecule has 0 radical (unpaired) electrons. The van der Waals surface area contributed by atoms with Crippen LogP contribution >= 0.6 is 11.3 Å². The highest BCUT2D eigenvalue weighted by Crippen LogP contribution is 2.23. The van der Waals surface area contributed by atoms with Gasteiger partial charge in [-0.1, -0.05) is 18.6 Å². The second-order valence-electron chi connectivity index (χ2n) is 7.31. The van der Waals surface area contributed by atoms with Gasteiger partial charge in [0.25, 0.3) is 5.91 Å². The molecule has 8 heteroatoms. The average Bonchev–Trinajstić information content (AvgIpc) is 3.48. The molecule has 3 aromatic rings. The third kappa shape index (κ3) is 4.66. The molecule has 1 saturated heterocycles. The van der Waals surface area contributed by atoms with Crippen LogP contribution in [-0.4, -0.2) is 36.6 Å². The number of hydrogen-bond donors (Lipinski definition) is 0. The van der Waals surface area contributed by atoms with Crippen LogP contribution in [0.4, 0.5) is 0 Å². The number of amides is 1. The zero-order chi connectivity index (χ0) is 21.0. The number of benzene rings is 1. The van der Waals surface area contributed by atoms with Gasteiger partial charge in [-0.2, -0.15) is 4.31 Å². The summed E-state index contributed by atoms with van der Waals surface area (Å²) in [5, 5.41) is 1.97. The van der Waals surface area contributed by atoms with E-state index >= 15 is 0 Å². The van der Waals surface area contributed by atoms with Crippen LogP contribution in [0.2, 0.25) is 0 Å². The molecular weight excluding hydrogens is 420 g/mol. The lowest BCUT2D eigenvalue weighted by Crippen LogP contribution is -2.35. The van der Waals surface area contributed by atoms with Gasteiger partial charge in [-0.25, -0.2) is 8.42 Å². The molecule has 158 valence electrons. The predicted octanol–water partition coefficient (Wildman–Crippen LogP) is 4.36. The second kappa shape index (κ2) is 9.16. The summed E-state index contributed by atoms with van der Waals surface area (Å²) in [6.45, 7) is 1.81. The fourth-order valence-corrected chi connectivity index (χ4v) is 5.89. The van der Waals surface area contributed by atoms with Gasteiger partial charge in [-0.05, 0) is 54.6 Å². The van der Waals surface area contributed by atoms with Crippen molar-refractivity contribution in [2.45, 2.75) is 37.2 Å². The quantitative estimate of drug-likeness (QED) is 0.543. The topological polar surface area (TPSA) is 70.8 Å². The van der Waals surface area contributed by atoms with Crippen LogP contribution in [0.5, 0.6) is 0 Å². The maximum atomic E-state index is 13.3. The van der Waals surface area contributed by atoms with Crippen molar-refractivity contribution in [3.05, 3.63) is 76.4 Å². The summed E-state index contributed by atoms with van der Waals surface area (Å²) in [5.74, 6) is 0.451. The van der Waals surface area contributed by atoms with Crippen molar-refractivity contribution in [1.82, 2.24) is 9.21 Å². The highest BCUT2D eigenvalue weighted by molar-refractivity contribution is 7.89. The number of sulfonamides is 1. The van der Waals surface area contributed by atoms with Crippen LogP contribution in [0.15, 0.2) is 69.5 Å². The van der Waals surface area contributed by atoms with Gasteiger partial charge in [-0.15, -0.1) is 11.3 Å². The Morgan fingerprint density at radius 2 is 1.87 bits per heavy atom. The number of piperidine rings is 1. The Hall–Kier alpha value is -2.42. The summed E-state index contributed by atoms with van der Waals surface area (Å²) in [6, 6.07) is 13.9. The molecule has 0 spiro atoms. The van der Waals surface area contributed by atoms with Crippen LogP contribution in [0.1, 0.15) is 40.3 Å². The number of rotatable bonds is 7. The molecule has 6 nitrogen and oxygen atoms in total. The Kier molecular flexibility index (Phi) is 6.36. The summed E-state index contributed by atoms with van der Waals surface area (Å²) in [4.78, 5) is 16.2. The van der Waals surface area contributed by atoms with Crippen LogP contribution in [0.3, 0.4) is 0 Å². The third-order valence-electron chi connectivity index (χ3n) is 5.17. The van der Waals surface area contributed by atoms with E-state index in [1.54, 1.807) is 46.8 Å². The lowest BCUT2D eigenvalue weighted by atomic mass is 10.2. The van der Waals surface area contributed by atoms with E-state index in [1.165, 1.54) is 10.4 Å². The molecule has 0 N–H and O–H groups in total. The van der Waals surface area contributed by atoms with Crippen molar-refractivity contribution in [2.24, 2.45) is 0 Å². The predicted molar refractivity (Wildman–Crippen MR) is 116 cm³/mol. The summed E-state index contributed by atoms with van der Waals surface area (Å²) >= 11 is 1.58. The fraction of sp³-hybridized carbons (Fsp3) is 0.318. The Balaban J connectivity index is 1.60. The van der Waals surface area contributed by atoms with Crippen LogP contribution in [-0.2, 0) is 23.1 Å². The average molecular weight is 445 g/mol. The molecule has 4 rings (SSSR count). The van der Waals surface area contributed by atoms with E-state index in [0.29, 0.717) is 37.5 Å². The second-order valence-corrected chi connectivity index (χ2v) is 10.3. The molecule has 1 amide bonds. The SMILES string of the molecule is O=C(c1cccc(S(=O)(=O)N2CCCCC2)c1)N(Cc1ccco1)Cc1cccs1. The van der Waals surface area contributed by atoms with Crippen LogP contribution < -0.4 is 0 Å². The van der Waals surface area contributed by atoms with E-state index in [2.05, 4.69) is 0 Å². The highest BCUT2D eigenvalue weighted by atomic mass is 32.2. The van der Waals surface area contributed by atoms with E-state index in [0.717, 1.165) is 24.1 Å². The van der Waals surface area contributed by atoms with Gasteiger partial charge < -0.3 is 9.32 Å². The van der Waals surface area contributed by atoms with Gasteiger partial charge in [-0.3, -0.25) is 4.79 Å². The normalized spacial score (nSPS) is 15.2. The van der Waals surface area contributed by atoms with Gasteiger partial charge in [0.2, 0.25) is 10.0 Å². The van der Waals surface area contributed by atoms with Crippen molar-refractivity contribution in [3.63, 3.8) is 0 Å². The zero-order valence-electron chi connectivity index (χ0n) is 16.6. The molecular formula is C22H24N2O4S2. The number of hydrogen-bond acceptors (Lipinski definition) is 5. The molecule has 1 aromatic carbocycles. The van der Waals surface area contributed by atoms with Gasteiger partial charge in [0, 0.05) is 23.5 Å². The number of furan rings is 1. The molecule has 0 aliphatic carbocycles. The molecule has 0 atom stereocenters. The summed E-state index contributed by atoms with van der Waals surface area (Å²) < 4.78 is 33.0. The highest BCUT2D eigenvalue weighted by Gasteiger charge is 2.27. The Morgan fingerprint density at radius 1 is 1.03 bits per heavy atom. The molecule has 1 aliphatic rings. The van der Waals surface area contributed by atoms with Crippen molar-refractivity contribution < 1.29 is 17.6 Å². The molecule has 0 unspecified atom stereocenters. The monoisotopic (exact) mass is 444 g/mol. The van der Waals surface area contributed by atoms with E-state index in [-0.39, 0.29) is 10.8 Å². The first-order valence-corrected chi connectivity index (χ1v) is 12.3. The Bertz CT molecular complexity index is 1030. The largest absolute Gasteiger partial charge is 0.467 e. The zero-order valence-corrected chi connectivity index (χ0v) is 18.2. The first kappa shape index (κ1) is 20.8. The van der Waals surface area contributed by atoms with Gasteiger partial charge >= 0.3 is 0 Å². The maximum absolute atomic E-state index is 13.3. The molecule has 3 heterocycles. The van der Waals surface area contributed by atoms with Crippen molar-refractivity contribution in [2.75, 3.05) is 13.1 Å². The third-order valence-corrected chi connectivity index (χ3v) is 7.93. The molecule has 0 saturated carbocycles. The number of thiophene rings is 1. The van der Waals surface area contributed by atoms with Gasteiger partial charge in [0.1, 0.15) is 5.76 Å². The van der Waals surface area contributed by atoms with Gasteiger partial charge in [0.05, 0.1) is 24.2 Å². The van der Waals surface area contributed by atoms with Crippen molar-refractivity contribution in [1.29, 1.82) is 0 Å². The first-order chi connectivity index (χ1) is 14.5. The fourth-order valence-electron chi connectivity index (χ4n) is 3.61. The summed E-state index contributed by atoms with van der Waals surface area (Å²) in [7, 11) is -3.60. The molecule has 0 bridgehead atoms. The lowest BCUT2D eigenvalue weighted by Gasteiger charge is -2.26. The minimum atomic E-state index is -3.60. The smallest absolute Gasteiger partial charge is 0.254 e. The number of carbonyl (C=O) groups excluding carboxylic acids is 1. The minimum absolute atomic E-state index is 0.171. The van der Waals surface area contributed by atoms with Gasteiger partial charge in [0.15, 0.2) is 0 Å². The molecule has 2 aromatic heterocycles. The van der Waals surface area contributed by atoms with Crippen LogP contribution in [0.25, 0.3) is 0 Å². The van der Waals surface area contributed by atoms with E-state index in [9.17, 15) is 13.2 Å². The summed E-state index contributed by atoms with van der Waals surface area (Å²) in [6.07, 6.45) is 4.37. The number of carbonyl (C=O) groups is 1. The standard InChI is InChI=1S/C22H24N2O4S2/c25-22(23(16-19-8-5-13-28-19)17-20-9-6-14-29-20)18-7-4-10-21(15-18)30(26,27)24-11-2-1-3-12-24/h4-10,13-15H,1-3,11-12,16-17H2. The Labute approximate surface area is 180 Å². The van der Waals surface area contributed by atoms with Crippen molar-refractivity contribution in [3.8, 4) is 0 Å². The van der Waals surface area contributed by atoms with E-state index in [4.69, 9.17) is 4.42 Å².